The highest BCUT2D eigenvalue weighted by molar-refractivity contribution is 5.77. The molecule has 0 radical (unpaired) electrons. The summed E-state index contributed by atoms with van der Waals surface area (Å²) >= 11 is 0. The number of carbonyl (C=O) groups is 1. The number of hydrogen-bond acceptors (Lipinski definition) is 2. The van der Waals surface area contributed by atoms with Crippen molar-refractivity contribution < 1.29 is 14.3 Å². The molecule has 4 heteroatoms. The van der Waals surface area contributed by atoms with E-state index in [4.69, 9.17) is 9.52 Å². The minimum absolute atomic E-state index is 0.418. The van der Waals surface area contributed by atoms with Crippen LogP contribution in [0.3, 0.4) is 0 Å². The van der Waals surface area contributed by atoms with Crippen molar-refractivity contribution in [1.82, 2.24) is 5.32 Å². The van der Waals surface area contributed by atoms with Crippen LogP contribution in [0.2, 0.25) is 0 Å². The van der Waals surface area contributed by atoms with Crippen molar-refractivity contribution in [2.45, 2.75) is 6.42 Å². The molecule has 0 aliphatic rings. The number of fused-ring (bicyclic) bond motifs is 1. The van der Waals surface area contributed by atoms with Crippen LogP contribution in [0.4, 0.5) is 4.79 Å². The van der Waals surface area contributed by atoms with Crippen molar-refractivity contribution in [2.24, 2.45) is 0 Å². The molecule has 4 nitrogen and oxygen atoms in total. The molecule has 2 N–H and O–H groups in total. The summed E-state index contributed by atoms with van der Waals surface area (Å²) in [6, 6.07) is 7.77. The van der Waals surface area contributed by atoms with E-state index in [-0.39, 0.29) is 0 Å². The first-order valence-electron chi connectivity index (χ1n) is 4.68. The molecule has 1 amide bonds. The second kappa shape index (κ2) is 4.04. The fourth-order valence-corrected chi connectivity index (χ4v) is 1.47. The molecule has 2 rings (SSSR count). The zero-order valence-electron chi connectivity index (χ0n) is 8.06. The molecular weight excluding hydrogens is 194 g/mol. The van der Waals surface area contributed by atoms with E-state index in [0.717, 1.165) is 16.5 Å². The lowest BCUT2D eigenvalue weighted by Gasteiger charge is -2.01. The van der Waals surface area contributed by atoms with Gasteiger partial charge in [-0.25, -0.2) is 4.79 Å². The third kappa shape index (κ3) is 2.28. The van der Waals surface area contributed by atoms with E-state index in [0.29, 0.717) is 13.0 Å². The maximum Gasteiger partial charge on any atom is 0.404 e. The van der Waals surface area contributed by atoms with Crippen molar-refractivity contribution >= 4 is 17.1 Å². The average Bonchev–Trinajstić information content (AvgIpc) is 2.64. The summed E-state index contributed by atoms with van der Waals surface area (Å²) in [6.07, 6.45) is 1.32. The minimum Gasteiger partial charge on any atom is -0.465 e. The predicted octanol–water partition coefficient (Wildman–Crippen LogP) is 2.24. The second-order valence-corrected chi connectivity index (χ2v) is 3.27. The first-order valence-corrected chi connectivity index (χ1v) is 4.68. The lowest BCUT2D eigenvalue weighted by molar-refractivity contribution is 0.194. The van der Waals surface area contributed by atoms with E-state index in [1.165, 1.54) is 0 Å². The van der Waals surface area contributed by atoms with Crippen molar-refractivity contribution in [3.63, 3.8) is 0 Å². The molecule has 0 bridgehead atoms. The van der Waals surface area contributed by atoms with E-state index in [1.54, 1.807) is 6.26 Å². The second-order valence-electron chi connectivity index (χ2n) is 3.27. The molecule has 0 saturated carbocycles. The minimum atomic E-state index is -0.992. The van der Waals surface area contributed by atoms with Gasteiger partial charge in [0.2, 0.25) is 0 Å². The number of hydrogen-bond donors (Lipinski definition) is 2. The number of carboxylic acid groups (broad SMARTS) is 1. The standard InChI is InChI=1S/C11H11NO3/c13-11(14)12-5-3-8-1-2-9-4-6-15-10(9)7-8/h1-2,4,6-7,12H,3,5H2,(H,13,14). The highest BCUT2D eigenvalue weighted by atomic mass is 16.4. The Labute approximate surface area is 86.5 Å². The van der Waals surface area contributed by atoms with E-state index < -0.39 is 6.09 Å². The molecule has 1 aromatic carbocycles. The van der Waals surface area contributed by atoms with Gasteiger partial charge in [0.15, 0.2) is 0 Å². The van der Waals surface area contributed by atoms with E-state index in [2.05, 4.69) is 5.32 Å². The van der Waals surface area contributed by atoms with Crippen LogP contribution < -0.4 is 5.32 Å². The van der Waals surface area contributed by atoms with Crippen LogP contribution in [-0.2, 0) is 6.42 Å². The van der Waals surface area contributed by atoms with Crippen molar-refractivity contribution in [3.8, 4) is 0 Å². The Bertz CT molecular complexity index is 475. The summed E-state index contributed by atoms with van der Waals surface area (Å²) in [6.45, 7) is 0.418. The van der Waals surface area contributed by atoms with Gasteiger partial charge in [-0.1, -0.05) is 12.1 Å². The lowest BCUT2D eigenvalue weighted by atomic mass is 10.1. The summed E-state index contributed by atoms with van der Waals surface area (Å²) in [5.74, 6) is 0. The normalized spacial score (nSPS) is 10.4. The SMILES string of the molecule is O=C(O)NCCc1ccc2ccoc2c1. The smallest absolute Gasteiger partial charge is 0.404 e. The van der Waals surface area contributed by atoms with E-state index in [9.17, 15) is 4.79 Å². The first-order chi connectivity index (χ1) is 7.25. The number of furan rings is 1. The number of benzene rings is 1. The Hall–Kier alpha value is -1.97. The molecule has 2 aromatic rings. The maximum absolute atomic E-state index is 10.2. The lowest BCUT2D eigenvalue weighted by Crippen LogP contribution is -2.23. The van der Waals surface area contributed by atoms with Gasteiger partial charge in [0.05, 0.1) is 6.26 Å². The Morgan fingerprint density at radius 2 is 2.27 bits per heavy atom. The summed E-state index contributed by atoms with van der Waals surface area (Å²) in [4.78, 5) is 10.2. The molecular formula is C11H11NO3. The monoisotopic (exact) mass is 205 g/mol. The van der Waals surface area contributed by atoms with E-state index in [1.807, 2.05) is 24.3 Å². The molecule has 0 atom stereocenters. The summed E-state index contributed by atoms with van der Waals surface area (Å²) in [5.41, 5.74) is 1.90. The highest BCUT2D eigenvalue weighted by Gasteiger charge is 2.00. The van der Waals surface area contributed by atoms with Crippen LogP contribution in [0.15, 0.2) is 34.9 Å². The number of rotatable bonds is 3. The van der Waals surface area contributed by atoms with Gasteiger partial charge < -0.3 is 14.8 Å². The quantitative estimate of drug-likeness (QED) is 0.807. The zero-order valence-corrected chi connectivity index (χ0v) is 8.06. The summed E-state index contributed by atoms with van der Waals surface area (Å²) < 4.78 is 5.25. The van der Waals surface area contributed by atoms with Gasteiger partial charge in [0.25, 0.3) is 0 Å². The molecule has 1 heterocycles. The highest BCUT2D eigenvalue weighted by Crippen LogP contribution is 2.16. The molecule has 0 aliphatic heterocycles. The largest absolute Gasteiger partial charge is 0.465 e. The summed E-state index contributed by atoms with van der Waals surface area (Å²) in [5, 5.41) is 11.8. The average molecular weight is 205 g/mol. The zero-order chi connectivity index (χ0) is 10.7. The van der Waals surface area contributed by atoms with Crippen LogP contribution in [-0.4, -0.2) is 17.7 Å². The molecule has 0 aliphatic carbocycles. The molecule has 78 valence electrons. The number of amides is 1. The Kier molecular flexibility index (Phi) is 2.58. The molecule has 15 heavy (non-hydrogen) atoms. The molecule has 1 aromatic heterocycles. The fourth-order valence-electron chi connectivity index (χ4n) is 1.47. The van der Waals surface area contributed by atoms with Gasteiger partial charge in [-0.15, -0.1) is 0 Å². The van der Waals surface area contributed by atoms with Gasteiger partial charge in [-0.2, -0.15) is 0 Å². The predicted molar refractivity (Wildman–Crippen MR) is 55.9 cm³/mol. The van der Waals surface area contributed by atoms with Crippen LogP contribution in [0.1, 0.15) is 5.56 Å². The van der Waals surface area contributed by atoms with Gasteiger partial charge >= 0.3 is 6.09 Å². The van der Waals surface area contributed by atoms with Crippen molar-refractivity contribution in [2.75, 3.05) is 6.54 Å². The maximum atomic E-state index is 10.2. The third-order valence-electron chi connectivity index (χ3n) is 2.21. The van der Waals surface area contributed by atoms with Crippen molar-refractivity contribution in [1.29, 1.82) is 0 Å². The van der Waals surface area contributed by atoms with Crippen LogP contribution in [0.5, 0.6) is 0 Å². The van der Waals surface area contributed by atoms with Gasteiger partial charge in [-0.3, -0.25) is 0 Å². The van der Waals surface area contributed by atoms with Crippen LogP contribution >= 0.6 is 0 Å². The van der Waals surface area contributed by atoms with Crippen molar-refractivity contribution in [3.05, 3.63) is 36.1 Å². The number of nitrogens with one attached hydrogen (secondary N) is 1. The van der Waals surface area contributed by atoms with E-state index >= 15 is 0 Å². The molecule has 0 saturated heterocycles. The van der Waals surface area contributed by atoms with Gasteiger partial charge in [0.1, 0.15) is 5.58 Å². The Morgan fingerprint density at radius 1 is 1.40 bits per heavy atom. The fraction of sp³-hybridized carbons (Fsp3) is 0.182. The molecule has 0 unspecified atom stereocenters. The first kappa shape index (κ1) is 9.58. The van der Waals surface area contributed by atoms with Gasteiger partial charge in [-0.05, 0) is 24.1 Å². The van der Waals surface area contributed by atoms with Crippen LogP contribution in [0.25, 0.3) is 11.0 Å². The molecule has 0 fully saturated rings. The Morgan fingerprint density at radius 3 is 3.07 bits per heavy atom. The molecule has 0 spiro atoms. The van der Waals surface area contributed by atoms with Gasteiger partial charge in [0, 0.05) is 11.9 Å². The topological polar surface area (TPSA) is 62.5 Å². The Balaban J connectivity index is 2.04. The van der Waals surface area contributed by atoms with Crippen LogP contribution in [0, 0.1) is 0 Å². The summed E-state index contributed by atoms with van der Waals surface area (Å²) in [7, 11) is 0. The third-order valence-corrected chi connectivity index (χ3v) is 2.21.